The van der Waals surface area contributed by atoms with Gasteiger partial charge in [-0.15, -0.1) is 0 Å². The number of hydrogen-bond acceptors (Lipinski definition) is 3. The van der Waals surface area contributed by atoms with Crippen LogP contribution in [-0.4, -0.2) is 34.1 Å². The van der Waals surface area contributed by atoms with Gasteiger partial charge in [-0.1, -0.05) is 18.2 Å². The number of likely N-dealkylation sites (tertiary alicyclic amines) is 1. The molecule has 2 heterocycles. The summed E-state index contributed by atoms with van der Waals surface area (Å²) in [5.74, 6) is 2.14. The Labute approximate surface area is 126 Å². The Balaban J connectivity index is 1.71. The van der Waals surface area contributed by atoms with Crippen LogP contribution in [0.5, 0.6) is 5.75 Å². The van der Waals surface area contributed by atoms with E-state index in [4.69, 9.17) is 4.74 Å². The summed E-state index contributed by atoms with van der Waals surface area (Å²) < 4.78 is 7.59. The SMILES string of the molecule is COc1ccccc1C[C@H]1CCCN1Cc1nccn1C. The van der Waals surface area contributed by atoms with Gasteiger partial charge in [0.15, 0.2) is 0 Å². The monoisotopic (exact) mass is 285 g/mol. The number of methoxy groups -OCH3 is 1. The number of nitrogens with zero attached hydrogens (tertiary/aromatic N) is 3. The summed E-state index contributed by atoms with van der Waals surface area (Å²) in [6, 6.07) is 8.93. The number of aromatic nitrogens is 2. The third kappa shape index (κ3) is 3.10. The van der Waals surface area contributed by atoms with E-state index in [0.29, 0.717) is 6.04 Å². The maximum atomic E-state index is 5.48. The number of para-hydroxylation sites is 1. The highest BCUT2D eigenvalue weighted by Gasteiger charge is 2.26. The van der Waals surface area contributed by atoms with Crippen molar-refractivity contribution in [1.29, 1.82) is 0 Å². The lowest BCUT2D eigenvalue weighted by Gasteiger charge is -2.24. The van der Waals surface area contributed by atoms with Gasteiger partial charge < -0.3 is 9.30 Å². The first kappa shape index (κ1) is 14.1. The third-order valence-electron chi connectivity index (χ3n) is 4.41. The standard InChI is InChI=1S/C17H23N3O/c1-19-11-9-18-17(19)13-20-10-5-7-15(20)12-14-6-3-4-8-16(14)21-2/h3-4,6,8-9,11,15H,5,7,10,12-13H2,1-2H3/t15-/m1/s1. The smallest absolute Gasteiger partial charge is 0.122 e. The zero-order valence-corrected chi connectivity index (χ0v) is 12.8. The summed E-state index contributed by atoms with van der Waals surface area (Å²) in [5.41, 5.74) is 1.30. The van der Waals surface area contributed by atoms with Crippen LogP contribution in [0.4, 0.5) is 0 Å². The first-order valence-electron chi connectivity index (χ1n) is 7.60. The van der Waals surface area contributed by atoms with Crippen molar-refractivity contribution >= 4 is 0 Å². The van der Waals surface area contributed by atoms with Crippen LogP contribution in [0.2, 0.25) is 0 Å². The first-order valence-corrected chi connectivity index (χ1v) is 7.60. The van der Waals surface area contributed by atoms with Gasteiger partial charge in [-0.3, -0.25) is 4.90 Å². The van der Waals surface area contributed by atoms with Crippen molar-refractivity contribution < 1.29 is 4.74 Å². The summed E-state index contributed by atoms with van der Waals surface area (Å²) in [6.45, 7) is 2.09. The number of ether oxygens (including phenoxy) is 1. The predicted molar refractivity (Wildman–Crippen MR) is 83.3 cm³/mol. The molecule has 2 aromatic rings. The number of benzene rings is 1. The zero-order valence-electron chi connectivity index (χ0n) is 12.8. The van der Waals surface area contributed by atoms with Crippen molar-refractivity contribution in [3.63, 3.8) is 0 Å². The molecule has 1 aromatic carbocycles. The summed E-state index contributed by atoms with van der Waals surface area (Å²) in [6.07, 6.45) is 7.46. The lowest BCUT2D eigenvalue weighted by atomic mass is 10.0. The molecule has 0 aliphatic carbocycles. The van der Waals surface area contributed by atoms with Gasteiger partial charge in [-0.2, -0.15) is 0 Å². The van der Waals surface area contributed by atoms with Crippen LogP contribution in [0, 0.1) is 0 Å². The summed E-state index contributed by atoms with van der Waals surface area (Å²) >= 11 is 0. The number of aryl methyl sites for hydroxylation is 1. The van der Waals surface area contributed by atoms with E-state index >= 15 is 0 Å². The minimum Gasteiger partial charge on any atom is -0.496 e. The molecule has 0 unspecified atom stereocenters. The van der Waals surface area contributed by atoms with Gasteiger partial charge in [0, 0.05) is 25.5 Å². The molecule has 1 aliphatic rings. The molecule has 0 N–H and O–H groups in total. The van der Waals surface area contributed by atoms with Crippen LogP contribution >= 0.6 is 0 Å². The number of rotatable bonds is 5. The molecular weight excluding hydrogens is 262 g/mol. The Kier molecular flexibility index (Phi) is 4.25. The average molecular weight is 285 g/mol. The summed E-state index contributed by atoms with van der Waals surface area (Å²) in [7, 11) is 3.81. The van der Waals surface area contributed by atoms with Crippen molar-refractivity contribution in [2.24, 2.45) is 7.05 Å². The van der Waals surface area contributed by atoms with E-state index in [1.807, 2.05) is 24.5 Å². The zero-order chi connectivity index (χ0) is 14.7. The highest BCUT2D eigenvalue weighted by Crippen LogP contribution is 2.26. The van der Waals surface area contributed by atoms with Gasteiger partial charge in [-0.25, -0.2) is 4.98 Å². The van der Waals surface area contributed by atoms with Crippen LogP contribution in [0.15, 0.2) is 36.7 Å². The fraction of sp³-hybridized carbons (Fsp3) is 0.471. The number of hydrogen-bond donors (Lipinski definition) is 0. The van der Waals surface area contributed by atoms with Gasteiger partial charge in [-0.05, 0) is 37.4 Å². The minimum absolute atomic E-state index is 0.581. The number of imidazole rings is 1. The van der Waals surface area contributed by atoms with Crippen molar-refractivity contribution in [2.45, 2.75) is 31.8 Å². The molecule has 112 valence electrons. The summed E-state index contributed by atoms with van der Waals surface area (Å²) in [5, 5.41) is 0. The van der Waals surface area contributed by atoms with Gasteiger partial charge in [0.2, 0.25) is 0 Å². The van der Waals surface area contributed by atoms with Crippen LogP contribution in [0.1, 0.15) is 24.2 Å². The maximum absolute atomic E-state index is 5.48. The third-order valence-corrected chi connectivity index (χ3v) is 4.41. The second-order valence-electron chi connectivity index (χ2n) is 5.74. The van der Waals surface area contributed by atoms with Gasteiger partial charge >= 0.3 is 0 Å². The molecule has 4 heteroatoms. The molecule has 21 heavy (non-hydrogen) atoms. The molecule has 0 bridgehead atoms. The first-order chi connectivity index (χ1) is 10.3. The Bertz CT molecular complexity index is 593. The molecule has 0 amide bonds. The van der Waals surface area contributed by atoms with E-state index < -0.39 is 0 Å². The van der Waals surface area contributed by atoms with Crippen molar-refractivity contribution in [2.75, 3.05) is 13.7 Å². The fourth-order valence-electron chi connectivity index (χ4n) is 3.19. The fourth-order valence-corrected chi connectivity index (χ4v) is 3.19. The largest absolute Gasteiger partial charge is 0.496 e. The quantitative estimate of drug-likeness (QED) is 0.846. The van der Waals surface area contributed by atoms with E-state index in [1.54, 1.807) is 7.11 Å². The van der Waals surface area contributed by atoms with E-state index in [1.165, 1.54) is 18.4 Å². The topological polar surface area (TPSA) is 30.3 Å². The van der Waals surface area contributed by atoms with Gasteiger partial charge in [0.1, 0.15) is 11.6 Å². The van der Waals surface area contributed by atoms with E-state index in [2.05, 4.69) is 33.6 Å². The minimum atomic E-state index is 0.581. The van der Waals surface area contributed by atoms with E-state index in [9.17, 15) is 0 Å². The van der Waals surface area contributed by atoms with Crippen molar-refractivity contribution in [1.82, 2.24) is 14.5 Å². The molecule has 4 nitrogen and oxygen atoms in total. The highest BCUT2D eigenvalue weighted by molar-refractivity contribution is 5.34. The lowest BCUT2D eigenvalue weighted by molar-refractivity contribution is 0.234. The predicted octanol–water partition coefficient (Wildman–Crippen LogP) is 2.64. The molecule has 1 aromatic heterocycles. The Morgan fingerprint density at radius 1 is 1.33 bits per heavy atom. The molecule has 3 rings (SSSR count). The Morgan fingerprint density at radius 3 is 2.95 bits per heavy atom. The Hall–Kier alpha value is -1.81. The van der Waals surface area contributed by atoms with Crippen LogP contribution in [0.3, 0.4) is 0 Å². The summed E-state index contributed by atoms with van der Waals surface area (Å²) in [4.78, 5) is 7.00. The van der Waals surface area contributed by atoms with Crippen LogP contribution in [0.25, 0.3) is 0 Å². The second kappa shape index (κ2) is 6.31. The van der Waals surface area contributed by atoms with Crippen LogP contribution < -0.4 is 4.74 Å². The van der Waals surface area contributed by atoms with E-state index in [-0.39, 0.29) is 0 Å². The maximum Gasteiger partial charge on any atom is 0.122 e. The normalized spacial score (nSPS) is 19.0. The molecule has 0 radical (unpaired) electrons. The van der Waals surface area contributed by atoms with Gasteiger partial charge in [0.05, 0.1) is 13.7 Å². The Morgan fingerprint density at radius 2 is 2.19 bits per heavy atom. The molecule has 0 spiro atoms. The van der Waals surface area contributed by atoms with Gasteiger partial charge in [0.25, 0.3) is 0 Å². The molecule has 0 saturated carbocycles. The van der Waals surface area contributed by atoms with Crippen molar-refractivity contribution in [3.8, 4) is 5.75 Å². The lowest BCUT2D eigenvalue weighted by Crippen LogP contribution is -2.31. The molecule has 1 aliphatic heterocycles. The van der Waals surface area contributed by atoms with Crippen LogP contribution in [-0.2, 0) is 20.0 Å². The van der Waals surface area contributed by atoms with Crippen molar-refractivity contribution in [3.05, 3.63) is 48.0 Å². The molecular formula is C17H23N3O. The molecule has 1 atom stereocenters. The molecule has 1 saturated heterocycles. The average Bonchev–Trinajstić information content (AvgIpc) is 3.10. The highest BCUT2D eigenvalue weighted by atomic mass is 16.5. The second-order valence-corrected chi connectivity index (χ2v) is 5.74. The molecule has 1 fully saturated rings. The van der Waals surface area contributed by atoms with E-state index in [0.717, 1.165) is 31.1 Å².